The number of rotatable bonds is 11. The second-order valence-corrected chi connectivity index (χ2v) is 10.5. The fourth-order valence-electron chi connectivity index (χ4n) is 4.35. The van der Waals surface area contributed by atoms with Crippen molar-refractivity contribution in [2.45, 2.75) is 6.61 Å². The minimum atomic E-state index is -0.568. The monoisotopic (exact) mass is 630 g/mol. The maximum absolute atomic E-state index is 14.0. The van der Waals surface area contributed by atoms with E-state index in [9.17, 15) is 18.8 Å². The van der Waals surface area contributed by atoms with Crippen LogP contribution in [0.2, 0.25) is 5.02 Å². The van der Waals surface area contributed by atoms with Crippen LogP contribution < -0.4 is 15.4 Å². The molecule has 0 aromatic heterocycles. The van der Waals surface area contributed by atoms with Crippen LogP contribution in [0.25, 0.3) is 12.2 Å². The van der Waals surface area contributed by atoms with E-state index in [-0.39, 0.29) is 22.1 Å². The molecule has 0 saturated heterocycles. The first-order valence-corrected chi connectivity index (χ1v) is 14.7. The number of ether oxygens (including phenoxy) is 1. The highest BCUT2D eigenvalue weighted by Crippen LogP contribution is 2.21. The number of hydrogen-bond acceptors (Lipinski definition) is 4. The number of carbonyl (C=O) groups excluding carboxylic acids is 3. The van der Waals surface area contributed by atoms with E-state index in [2.05, 4.69) is 10.6 Å². The Balaban J connectivity index is 1.30. The molecule has 0 atom stereocenters. The quantitative estimate of drug-likeness (QED) is 0.113. The lowest BCUT2D eigenvalue weighted by Gasteiger charge is -2.12. The van der Waals surface area contributed by atoms with Gasteiger partial charge in [0.15, 0.2) is 5.78 Å². The van der Waals surface area contributed by atoms with Gasteiger partial charge in [-0.05, 0) is 90.0 Å². The Morgan fingerprint density at radius 3 is 2.09 bits per heavy atom. The van der Waals surface area contributed by atoms with Gasteiger partial charge in [0.25, 0.3) is 11.8 Å². The molecule has 0 aliphatic heterocycles. The number of anilines is 1. The zero-order valence-corrected chi connectivity index (χ0v) is 25.2. The fourth-order valence-corrected chi connectivity index (χ4v) is 4.58. The normalized spacial score (nSPS) is 11.2. The fraction of sp³-hybridized carbons (Fsp3) is 0.0263. The second-order valence-electron chi connectivity index (χ2n) is 10.1. The van der Waals surface area contributed by atoms with Crippen LogP contribution in [-0.4, -0.2) is 17.6 Å². The van der Waals surface area contributed by atoms with Crippen molar-refractivity contribution in [2.75, 3.05) is 5.32 Å². The second kappa shape index (κ2) is 15.3. The Kier molecular flexibility index (Phi) is 10.5. The maximum Gasteiger partial charge on any atom is 0.272 e. The number of amides is 2. The summed E-state index contributed by atoms with van der Waals surface area (Å²) in [4.78, 5) is 39.1. The van der Waals surface area contributed by atoms with E-state index in [1.165, 1.54) is 42.5 Å². The van der Waals surface area contributed by atoms with Crippen LogP contribution in [0.5, 0.6) is 5.75 Å². The van der Waals surface area contributed by atoms with Gasteiger partial charge in [-0.25, -0.2) is 4.39 Å². The number of nitrogens with one attached hydrogen (secondary N) is 2. The van der Waals surface area contributed by atoms with Gasteiger partial charge in [0.1, 0.15) is 23.9 Å². The molecule has 5 aromatic carbocycles. The first-order chi connectivity index (χ1) is 22.4. The molecule has 0 fully saturated rings. The summed E-state index contributed by atoms with van der Waals surface area (Å²) < 4.78 is 19.9. The number of hydrogen-bond donors (Lipinski definition) is 2. The molecule has 2 N–H and O–H groups in total. The van der Waals surface area contributed by atoms with E-state index in [1.807, 2.05) is 30.3 Å². The van der Waals surface area contributed by atoms with Crippen molar-refractivity contribution in [1.29, 1.82) is 0 Å². The lowest BCUT2D eigenvalue weighted by atomic mass is 10.1. The Labute approximate surface area is 270 Å². The zero-order chi connectivity index (χ0) is 32.3. The Bertz CT molecular complexity index is 1870. The van der Waals surface area contributed by atoms with Crippen molar-refractivity contribution in [2.24, 2.45) is 0 Å². The summed E-state index contributed by atoms with van der Waals surface area (Å²) in [6.45, 7) is 0.414. The van der Waals surface area contributed by atoms with Gasteiger partial charge in [-0.1, -0.05) is 78.3 Å². The molecule has 46 heavy (non-hydrogen) atoms. The summed E-state index contributed by atoms with van der Waals surface area (Å²) >= 11 is 6.03. The third-order valence-electron chi connectivity index (χ3n) is 6.80. The molecular weight excluding hydrogens is 603 g/mol. The van der Waals surface area contributed by atoms with Gasteiger partial charge in [0, 0.05) is 22.4 Å². The molecule has 228 valence electrons. The van der Waals surface area contributed by atoms with Crippen LogP contribution >= 0.6 is 11.6 Å². The predicted octanol–water partition coefficient (Wildman–Crippen LogP) is 8.36. The zero-order valence-electron chi connectivity index (χ0n) is 24.5. The van der Waals surface area contributed by atoms with Gasteiger partial charge in [-0.15, -0.1) is 0 Å². The van der Waals surface area contributed by atoms with Gasteiger partial charge < -0.3 is 15.4 Å². The van der Waals surface area contributed by atoms with Crippen molar-refractivity contribution in [3.8, 4) is 5.75 Å². The van der Waals surface area contributed by atoms with Crippen LogP contribution in [-0.2, 0) is 11.4 Å². The lowest BCUT2D eigenvalue weighted by Crippen LogP contribution is -2.30. The Morgan fingerprint density at radius 2 is 1.41 bits per heavy atom. The van der Waals surface area contributed by atoms with Crippen molar-refractivity contribution in [1.82, 2.24) is 5.32 Å². The number of halogens is 2. The van der Waals surface area contributed by atoms with E-state index in [1.54, 1.807) is 72.8 Å². The van der Waals surface area contributed by atoms with Gasteiger partial charge in [-0.3, -0.25) is 14.4 Å². The van der Waals surface area contributed by atoms with E-state index in [4.69, 9.17) is 16.3 Å². The van der Waals surface area contributed by atoms with E-state index >= 15 is 0 Å². The molecule has 2 amide bonds. The summed E-state index contributed by atoms with van der Waals surface area (Å²) in [5.41, 5.74) is 2.93. The van der Waals surface area contributed by atoms with Crippen LogP contribution in [0, 0.1) is 5.82 Å². The molecule has 0 radical (unpaired) electrons. The number of carbonyl (C=O) groups is 3. The minimum Gasteiger partial charge on any atom is -0.489 e. The lowest BCUT2D eigenvalue weighted by molar-refractivity contribution is -0.113. The molecule has 5 rings (SSSR count). The molecule has 0 saturated carbocycles. The maximum atomic E-state index is 14.0. The summed E-state index contributed by atoms with van der Waals surface area (Å²) in [6, 6.07) is 35.9. The van der Waals surface area contributed by atoms with Gasteiger partial charge in [0.2, 0.25) is 0 Å². The average molecular weight is 631 g/mol. The van der Waals surface area contributed by atoms with Crippen LogP contribution in [0.1, 0.15) is 37.4 Å². The summed E-state index contributed by atoms with van der Waals surface area (Å²) in [7, 11) is 0. The first-order valence-electron chi connectivity index (χ1n) is 14.3. The standard InChI is InChI=1S/C38H28ClFN2O4/c39-33-12-7-13-34(40)32(33)22-23-36(43)28-16-18-30(19-17-28)41-38(45)35(42-37(44)29-10-5-2-6-11-29)24-26-14-20-31(21-15-26)46-25-27-8-3-1-4-9-27/h1-24H,25H2,(H,41,45)(H,42,44)/b23-22+,35-24-. The molecule has 8 heteroatoms. The Morgan fingerprint density at radius 1 is 0.739 bits per heavy atom. The molecule has 0 bridgehead atoms. The average Bonchev–Trinajstić information content (AvgIpc) is 3.08. The molecule has 0 aliphatic rings. The topological polar surface area (TPSA) is 84.5 Å². The largest absolute Gasteiger partial charge is 0.489 e. The van der Waals surface area contributed by atoms with Crippen LogP contribution in [0.4, 0.5) is 10.1 Å². The van der Waals surface area contributed by atoms with Gasteiger partial charge in [-0.2, -0.15) is 0 Å². The minimum absolute atomic E-state index is 0.0108. The van der Waals surface area contributed by atoms with Crippen molar-refractivity contribution >= 4 is 47.0 Å². The van der Waals surface area contributed by atoms with Crippen molar-refractivity contribution < 1.29 is 23.5 Å². The van der Waals surface area contributed by atoms with E-state index in [0.717, 1.165) is 5.56 Å². The number of benzene rings is 5. The van der Waals surface area contributed by atoms with Crippen LogP contribution in [0.15, 0.2) is 139 Å². The van der Waals surface area contributed by atoms with Gasteiger partial charge >= 0.3 is 0 Å². The smallest absolute Gasteiger partial charge is 0.272 e. The SMILES string of the molecule is O=C(Nc1ccc(C(=O)/C=C/c2c(F)cccc2Cl)cc1)/C(=C/c1ccc(OCc2ccccc2)cc1)NC(=O)c1ccccc1. The molecule has 0 spiro atoms. The molecule has 0 heterocycles. The summed E-state index contributed by atoms with van der Waals surface area (Å²) in [5, 5.41) is 5.67. The van der Waals surface area contributed by atoms with Crippen LogP contribution in [0.3, 0.4) is 0 Å². The number of allylic oxidation sites excluding steroid dienone is 1. The first kappa shape index (κ1) is 31.6. The summed E-state index contributed by atoms with van der Waals surface area (Å²) in [6.07, 6.45) is 4.12. The van der Waals surface area contributed by atoms with E-state index < -0.39 is 17.6 Å². The molecule has 0 aliphatic carbocycles. The summed E-state index contributed by atoms with van der Waals surface area (Å²) in [5.74, 6) is -1.27. The molecular formula is C38H28ClFN2O4. The molecule has 0 unspecified atom stereocenters. The van der Waals surface area contributed by atoms with Crippen molar-refractivity contribution in [3.63, 3.8) is 0 Å². The van der Waals surface area contributed by atoms with Gasteiger partial charge in [0.05, 0.1) is 5.02 Å². The van der Waals surface area contributed by atoms with Crippen molar-refractivity contribution in [3.05, 3.63) is 178 Å². The highest BCUT2D eigenvalue weighted by molar-refractivity contribution is 6.32. The van der Waals surface area contributed by atoms with E-state index in [0.29, 0.717) is 34.7 Å². The Hall–Kier alpha value is -5.79. The molecule has 6 nitrogen and oxygen atoms in total. The third kappa shape index (κ3) is 8.65. The highest BCUT2D eigenvalue weighted by atomic mass is 35.5. The third-order valence-corrected chi connectivity index (χ3v) is 7.13. The predicted molar refractivity (Wildman–Crippen MR) is 179 cm³/mol. The number of ketones is 1. The molecule has 5 aromatic rings. The highest BCUT2D eigenvalue weighted by Gasteiger charge is 2.16.